The minimum Gasteiger partial charge on any atom is -0.377 e. The molecule has 0 atom stereocenters. The van der Waals surface area contributed by atoms with Gasteiger partial charge in [0.05, 0.1) is 0 Å². The minimum absolute atomic E-state index is 0.280. The van der Waals surface area contributed by atoms with Crippen LogP contribution in [-0.4, -0.2) is 42.2 Å². The summed E-state index contributed by atoms with van der Waals surface area (Å²) in [5, 5.41) is 3.57. The van der Waals surface area contributed by atoms with Gasteiger partial charge in [0.1, 0.15) is 5.75 Å². The summed E-state index contributed by atoms with van der Waals surface area (Å²) in [6, 6.07) is 6.22. The predicted molar refractivity (Wildman–Crippen MR) is 89.7 cm³/mol. The summed E-state index contributed by atoms with van der Waals surface area (Å²) in [4.78, 5) is 13.7. The van der Waals surface area contributed by atoms with E-state index in [1.165, 1.54) is 17.2 Å². The maximum absolute atomic E-state index is 12.4. The van der Waals surface area contributed by atoms with Gasteiger partial charge >= 0.3 is 16.1 Å². The predicted octanol–water partition coefficient (Wildman–Crippen LogP) is 2.58. The van der Waals surface area contributed by atoms with E-state index in [1.54, 1.807) is 26.0 Å². The quantitative estimate of drug-likeness (QED) is 0.773. The van der Waals surface area contributed by atoms with Crippen LogP contribution in [0.5, 0.6) is 5.75 Å². The summed E-state index contributed by atoms with van der Waals surface area (Å²) in [7, 11) is -4.11. The van der Waals surface area contributed by atoms with E-state index >= 15 is 0 Å². The molecule has 0 unspecified atom stereocenters. The summed E-state index contributed by atoms with van der Waals surface area (Å²) in [5.41, 5.74) is 1.41. The number of amides is 1. The second-order valence-electron chi connectivity index (χ2n) is 5.31. The molecule has 0 aliphatic rings. The number of rotatable bonds is 5. The molecule has 0 fully saturated rings. The molecule has 1 heterocycles. The third kappa shape index (κ3) is 3.59. The lowest BCUT2D eigenvalue weighted by Crippen LogP contribution is -2.34. The SMILES string of the molecule is CCN(CC)C(=O)n1ccc(S(=O)(=O)Oc2c(C)cccc2C)n1. The first-order chi connectivity index (χ1) is 11.3. The fourth-order valence-electron chi connectivity index (χ4n) is 2.27. The molecule has 130 valence electrons. The molecule has 0 saturated carbocycles. The van der Waals surface area contributed by atoms with E-state index in [4.69, 9.17) is 4.18 Å². The Morgan fingerprint density at radius 2 is 1.75 bits per heavy atom. The highest BCUT2D eigenvalue weighted by Gasteiger charge is 2.24. The Hall–Kier alpha value is -2.35. The van der Waals surface area contributed by atoms with Crippen LogP contribution in [0.2, 0.25) is 0 Å². The standard InChI is InChI=1S/C16H21N3O4S/c1-5-18(6-2)16(20)19-11-10-14(17-19)24(21,22)23-15-12(3)8-7-9-13(15)4/h7-11H,5-6H2,1-4H3. The molecule has 0 aliphatic heterocycles. The number of benzene rings is 1. The van der Waals surface area contributed by atoms with Crippen LogP contribution < -0.4 is 4.18 Å². The zero-order valence-electron chi connectivity index (χ0n) is 14.2. The van der Waals surface area contributed by atoms with E-state index in [0.29, 0.717) is 24.2 Å². The van der Waals surface area contributed by atoms with Crippen LogP contribution >= 0.6 is 0 Å². The molecule has 0 bridgehead atoms. The molecular weight excluding hydrogens is 330 g/mol. The molecule has 0 N–H and O–H groups in total. The normalized spacial score (nSPS) is 11.3. The fraction of sp³-hybridized carbons (Fsp3) is 0.375. The third-order valence-corrected chi connectivity index (χ3v) is 4.77. The number of hydrogen-bond donors (Lipinski definition) is 0. The maximum Gasteiger partial charge on any atom is 0.358 e. The molecule has 1 amide bonds. The first kappa shape index (κ1) is 18.0. The van der Waals surface area contributed by atoms with Gasteiger partial charge in [-0.05, 0) is 44.9 Å². The summed E-state index contributed by atoms with van der Waals surface area (Å²) >= 11 is 0. The zero-order chi connectivity index (χ0) is 17.9. The van der Waals surface area contributed by atoms with Crippen molar-refractivity contribution in [1.29, 1.82) is 0 Å². The van der Waals surface area contributed by atoms with Gasteiger partial charge in [-0.25, -0.2) is 4.79 Å². The number of hydrogen-bond acceptors (Lipinski definition) is 5. The summed E-state index contributed by atoms with van der Waals surface area (Å²) < 4.78 is 31.1. The molecule has 1 aromatic heterocycles. The second kappa shape index (κ2) is 7.04. The molecule has 2 rings (SSSR count). The molecule has 7 nitrogen and oxygen atoms in total. The van der Waals surface area contributed by atoms with Crippen molar-refractivity contribution in [3.05, 3.63) is 41.6 Å². The van der Waals surface area contributed by atoms with Gasteiger partial charge in [-0.3, -0.25) is 0 Å². The smallest absolute Gasteiger partial charge is 0.358 e. The molecule has 0 saturated heterocycles. The fourth-order valence-corrected chi connectivity index (χ4v) is 3.25. The molecule has 2 aromatic rings. The van der Waals surface area contributed by atoms with Crippen molar-refractivity contribution >= 4 is 16.1 Å². The van der Waals surface area contributed by atoms with Crippen LogP contribution in [-0.2, 0) is 10.1 Å². The summed E-state index contributed by atoms with van der Waals surface area (Å²) in [5.74, 6) is 0.280. The summed E-state index contributed by atoms with van der Waals surface area (Å²) in [6.45, 7) is 8.23. The van der Waals surface area contributed by atoms with E-state index in [0.717, 1.165) is 4.68 Å². The van der Waals surface area contributed by atoms with Crippen LogP contribution in [0.4, 0.5) is 4.79 Å². The van der Waals surface area contributed by atoms with Crippen molar-refractivity contribution in [3.8, 4) is 5.75 Å². The molecule has 24 heavy (non-hydrogen) atoms. The number of para-hydroxylation sites is 1. The van der Waals surface area contributed by atoms with Crippen molar-refractivity contribution in [2.75, 3.05) is 13.1 Å². The summed E-state index contributed by atoms with van der Waals surface area (Å²) in [6.07, 6.45) is 1.32. The van der Waals surface area contributed by atoms with Gasteiger partial charge in [-0.1, -0.05) is 18.2 Å². The monoisotopic (exact) mass is 351 g/mol. The van der Waals surface area contributed by atoms with E-state index in [-0.39, 0.29) is 16.8 Å². The highest BCUT2D eigenvalue weighted by Crippen LogP contribution is 2.25. The Morgan fingerprint density at radius 1 is 1.17 bits per heavy atom. The second-order valence-corrected chi connectivity index (χ2v) is 6.80. The van der Waals surface area contributed by atoms with Crippen molar-refractivity contribution in [1.82, 2.24) is 14.7 Å². The van der Waals surface area contributed by atoms with Crippen LogP contribution in [0.25, 0.3) is 0 Å². The number of aryl methyl sites for hydroxylation is 2. The molecular formula is C16H21N3O4S. The van der Waals surface area contributed by atoms with Crippen molar-refractivity contribution in [2.24, 2.45) is 0 Å². The van der Waals surface area contributed by atoms with Crippen LogP contribution in [0.3, 0.4) is 0 Å². The van der Waals surface area contributed by atoms with Gasteiger partial charge in [0, 0.05) is 19.3 Å². The van der Waals surface area contributed by atoms with E-state index < -0.39 is 10.1 Å². The highest BCUT2D eigenvalue weighted by atomic mass is 32.2. The number of aromatic nitrogens is 2. The van der Waals surface area contributed by atoms with Crippen LogP contribution in [0.15, 0.2) is 35.5 Å². The largest absolute Gasteiger partial charge is 0.377 e. The Balaban J connectivity index is 2.30. The average molecular weight is 351 g/mol. The van der Waals surface area contributed by atoms with Crippen LogP contribution in [0.1, 0.15) is 25.0 Å². The van der Waals surface area contributed by atoms with Gasteiger partial charge in [0.2, 0.25) is 5.03 Å². The van der Waals surface area contributed by atoms with Crippen molar-refractivity contribution in [2.45, 2.75) is 32.7 Å². The lowest BCUT2D eigenvalue weighted by molar-refractivity contribution is 0.201. The van der Waals surface area contributed by atoms with Gasteiger partial charge in [0.25, 0.3) is 0 Å². The topological polar surface area (TPSA) is 81.5 Å². The van der Waals surface area contributed by atoms with Gasteiger partial charge in [0.15, 0.2) is 0 Å². The Bertz CT molecular complexity index is 819. The number of carbonyl (C=O) groups excluding carboxylic acids is 1. The Kier molecular flexibility index (Phi) is 5.28. The number of nitrogens with zero attached hydrogens (tertiary/aromatic N) is 3. The Morgan fingerprint density at radius 3 is 2.29 bits per heavy atom. The van der Waals surface area contributed by atoms with E-state index in [1.807, 2.05) is 19.9 Å². The van der Waals surface area contributed by atoms with Crippen LogP contribution in [0, 0.1) is 13.8 Å². The molecule has 0 aliphatic carbocycles. The third-order valence-electron chi connectivity index (χ3n) is 3.65. The van der Waals surface area contributed by atoms with Crippen molar-refractivity contribution < 1.29 is 17.4 Å². The molecule has 8 heteroatoms. The number of carbonyl (C=O) groups is 1. The van der Waals surface area contributed by atoms with E-state index in [2.05, 4.69) is 5.10 Å². The lowest BCUT2D eigenvalue weighted by Gasteiger charge is -2.17. The van der Waals surface area contributed by atoms with Gasteiger partial charge in [-0.2, -0.15) is 13.1 Å². The average Bonchev–Trinajstić information content (AvgIpc) is 3.03. The van der Waals surface area contributed by atoms with Crippen molar-refractivity contribution in [3.63, 3.8) is 0 Å². The van der Waals surface area contributed by atoms with Gasteiger partial charge in [-0.15, -0.1) is 5.10 Å². The lowest BCUT2D eigenvalue weighted by atomic mass is 10.1. The minimum atomic E-state index is -4.11. The highest BCUT2D eigenvalue weighted by molar-refractivity contribution is 7.87. The Labute approximate surface area is 142 Å². The zero-order valence-corrected chi connectivity index (χ0v) is 15.0. The first-order valence-electron chi connectivity index (χ1n) is 7.65. The molecule has 1 aromatic carbocycles. The molecule has 0 spiro atoms. The van der Waals surface area contributed by atoms with E-state index in [9.17, 15) is 13.2 Å². The first-order valence-corrected chi connectivity index (χ1v) is 9.06. The molecule has 0 radical (unpaired) electrons. The maximum atomic E-state index is 12.4. The van der Waals surface area contributed by atoms with Gasteiger partial charge < -0.3 is 9.08 Å².